The van der Waals surface area contributed by atoms with Gasteiger partial charge in [-0.25, -0.2) is 9.78 Å². The summed E-state index contributed by atoms with van der Waals surface area (Å²) < 4.78 is 17.7. The summed E-state index contributed by atoms with van der Waals surface area (Å²) in [4.78, 5) is 16.3. The first-order valence-electron chi connectivity index (χ1n) is 11.8. The van der Waals surface area contributed by atoms with E-state index in [1.165, 1.54) is 32.1 Å². The van der Waals surface area contributed by atoms with Gasteiger partial charge in [0.15, 0.2) is 12.0 Å². The molecule has 1 fully saturated rings. The predicted molar refractivity (Wildman–Crippen MR) is 124 cm³/mol. The fourth-order valence-corrected chi connectivity index (χ4v) is 4.58. The topological polar surface area (TPSA) is 81.8 Å². The number of hydrogen-bond donors (Lipinski definition) is 1. The molecule has 176 valence electrons. The van der Waals surface area contributed by atoms with Crippen molar-refractivity contribution in [2.24, 2.45) is 0 Å². The van der Waals surface area contributed by atoms with Crippen LogP contribution >= 0.6 is 0 Å². The highest BCUT2D eigenvalue weighted by Gasteiger charge is 2.23. The zero-order valence-corrected chi connectivity index (χ0v) is 20.1. The average Bonchev–Trinajstić information content (AvgIpc) is 3.10. The standard InChI is InChI=1S/C26H37NO5/c1-16(2)31-23(26(28)29)15-20-13-17(3)24(18(4)14-20)30-12-11-22-19(5)32-25(27-22)21-9-7-6-8-10-21/h13-14,16,21,23H,6-12,15H2,1-5H3,(H,28,29). The molecular formula is C26H37NO5. The molecule has 1 unspecified atom stereocenters. The highest BCUT2D eigenvalue weighted by atomic mass is 16.5. The molecule has 3 rings (SSSR count). The molecule has 0 amide bonds. The molecule has 1 saturated carbocycles. The molecule has 1 aliphatic rings. The highest BCUT2D eigenvalue weighted by molar-refractivity contribution is 5.72. The van der Waals surface area contributed by atoms with Crippen molar-refractivity contribution in [2.75, 3.05) is 6.61 Å². The largest absolute Gasteiger partial charge is 0.493 e. The lowest BCUT2D eigenvalue weighted by atomic mass is 9.89. The molecule has 6 nitrogen and oxygen atoms in total. The summed E-state index contributed by atoms with van der Waals surface area (Å²) in [6, 6.07) is 3.98. The molecule has 1 N–H and O–H groups in total. The van der Waals surface area contributed by atoms with E-state index in [0.29, 0.717) is 25.4 Å². The molecule has 32 heavy (non-hydrogen) atoms. The van der Waals surface area contributed by atoms with Gasteiger partial charge in [-0.2, -0.15) is 0 Å². The van der Waals surface area contributed by atoms with Gasteiger partial charge in [-0.15, -0.1) is 0 Å². The maximum absolute atomic E-state index is 11.5. The molecule has 0 bridgehead atoms. The molecule has 6 heteroatoms. The van der Waals surface area contributed by atoms with Crippen LogP contribution in [-0.4, -0.2) is 34.9 Å². The first kappa shape index (κ1) is 24.3. The van der Waals surface area contributed by atoms with Crippen molar-refractivity contribution in [1.82, 2.24) is 4.98 Å². The van der Waals surface area contributed by atoms with Crippen LogP contribution in [0.1, 0.15) is 85.9 Å². The molecule has 1 aliphatic carbocycles. The summed E-state index contributed by atoms with van der Waals surface area (Å²) in [7, 11) is 0. The van der Waals surface area contributed by atoms with Gasteiger partial charge >= 0.3 is 5.97 Å². The third-order valence-corrected chi connectivity index (χ3v) is 6.10. The number of aromatic nitrogens is 1. The third-order valence-electron chi connectivity index (χ3n) is 6.10. The SMILES string of the molecule is Cc1cc(CC(OC(C)C)C(=O)O)cc(C)c1OCCc1nc(C2CCCCC2)oc1C. The van der Waals surface area contributed by atoms with Crippen molar-refractivity contribution in [3.63, 3.8) is 0 Å². The fourth-order valence-electron chi connectivity index (χ4n) is 4.58. The number of carboxylic acid groups (broad SMARTS) is 1. The second kappa shape index (κ2) is 11.0. The van der Waals surface area contributed by atoms with E-state index in [9.17, 15) is 9.90 Å². The second-order valence-corrected chi connectivity index (χ2v) is 9.26. The number of oxazole rings is 1. The van der Waals surface area contributed by atoms with Crippen molar-refractivity contribution in [1.29, 1.82) is 0 Å². The van der Waals surface area contributed by atoms with Crippen molar-refractivity contribution in [3.8, 4) is 5.75 Å². The minimum atomic E-state index is -0.940. The molecule has 1 heterocycles. The number of benzene rings is 1. The number of aliphatic carboxylic acids is 1. The van der Waals surface area contributed by atoms with Gasteiger partial charge in [0.2, 0.25) is 0 Å². The molecule has 1 aromatic carbocycles. The van der Waals surface area contributed by atoms with E-state index in [-0.39, 0.29) is 6.10 Å². The summed E-state index contributed by atoms with van der Waals surface area (Å²) in [6.45, 7) is 10.2. The Hall–Kier alpha value is -2.34. The van der Waals surface area contributed by atoms with E-state index < -0.39 is 12.1 Å². The van der Waals surface area contributed by atoms with Crippen LogP contribution in [0.5, 0.6) is 5.75 Å². The van der Waals surface area contributed by atoms with Gasteiger partial charge in [0.25, 0.3) is 0 Å². The Labute approximate surface area is 191 Å². The van der Waals surface area contributed by atoms with Crippen molar-refractivity contribution < 1.29 is 23.8 Å². The summed E-state index contributed by atoms with van der Waals surface area (Å²) in [5.41, 5.74) is 3.90. The van der Waals surface area contributed by atoms with Crippen LogP contribution in [0, 0.1) is 20.8 Å². The van der Waals surface area contributed by atoms with E-state index in [1.54, 1.807) is 0 Å². The van der Waals surface area contributed by atoms with Gasteiger partial charge in [-0.05, 0) is 64.2 Å². The number of aryl methyl sites for hydroxylation is 3. The number of hydrogen-bond acceptors (Lipinski definition) is 5. The predicted octanol–water partition coefficient (Wildman–Crippen LogP) is 5.69. The van der Waals surface area contributed by atoms with E-state index in [2.05, 4.69) is 0 Å². The summed E-state index contributed by atoms with van der Waals surface area (Å²) >= 11 is 0. The second-order valence-electron chi connectivity index (χ2n) is 9.26. The zero-order chi connectivity index (χ0) is 23.3. The quantitative estimate of drug-likeness (QED) is 0.508. The molecule has 0 saturated heterocycles. The van der Waals surface area contributed by atoms with E-state index in [1.807, 2.05) is 46.8 Å². The van der Waals surface area contributed by atoms with Crippen LogP contribution in [0.25, 0.3) is 0 Å². The fraction of sp³-hybridized carbons (Fsp3) is 0.615. The van der Waals surface area contributed by atoms with E-state index in [4.69, 9.17) is 18.9 Å². The van der Waals surface area contributed by atoms with E-state index >= 15 is 0 Å². The first-order chi connectivity index (χ1) is 15.2. The van der Waals surface area contributed by atoms with Crippen molar-refractivity contribution >= 4 is 5.97 Å². The van der Waals surface area contributed by atoms with Gasteiger partial charge < -0.3 is 19.0 Å². The highest BCUT2D eigenvalue weighted by Crippen LogP contribution is 2.33. The Morgan fingerprint density at radius 2 is 1.81 bits per heavy atom. The molecule has 1 aromatic heterocycles. The lowest BCUT2D eigenvalue weighted by molar-refractivity contribution is -0.153. The van der Waals surface area contributed by atoms with Crippen LogP contribution in [0.4, 0.5) is 0 Å². The Morgan fingerprint density at radius 1 is 1.16 bits per heavy atom. The average molecular weight is 444 g/mol. The number of nitrogens with zero attached hydrogens (tertiary/aromatic N) is 1. The summed E-state index contributed by atoms with van der Waals surface area (Å²) in [5.74, 6) is 2.15. The van der Waals surface area contributed by atoms with Crippen LogP contribution in [0.3, 0.4) is 0 Å². The normalized spacial score (nSPS) is 15.8. The van der Waals surface area contributed by atoms with Crippen molar-refractivity contribution in [2.45, 2.75) is 97.7 Å². The maximum Gasteiger partial charge on any atom is 0.333 e. The maximum atomic E-state index is 11.5. The minimum absolute atomic E-state index is 0.139. The summed E-state index contributed by atoms with van der Waals surface area (Å²) in [5, 5.41) is 9.45. The Bertz CT molecular complexity index is 888. The van der Waals surface area contributed by atoms with Gasteiger partial charge in [0, 0.05) is 18.8 Å². The van der Waals surface area contributed by atoms with Crippen LogP contribution < -0.4 is 4.74 Å². The van der Waals surface area contributed by atoms with Gasteiger partial charge in [0.05, 0.1) is 18.4 Å². The smallest absolute Gasteiger partial charge is 0.333 e. The molecule has 0 spiro atoms. The Kier molecular flexibility index (Phi) is 8.35. The Balaban J connectivity index is 1.61. The number of carbonyl (C=O) groups is 1. The third kappa shape index (κ3) is 6.35. The molecule has 2 aromatic rings. The van der Waals surface area contributed by atoms with E-state index in [0.717, 1.165) is 39.8 Å². The lowest BCUT2D eigenvalue weighted by Gasteiger charge is -2.18. The number of ether oxygens (including phenoxy) is 2. The lowest BCUT2D eigenvalue weighted by Crippen LogP contribution is -2.29. The van der Waals surface area contributed by atoms with Gasteiger partial charge in [-0.1, -0.05) is 31.4 Å². The molecular weight excluding hydrogens is 406 g/mol. The van der Waals surface area contributed by atoms with Gasteiger partial charge in [-0.3, -0.25) is 0 Å². The van der Waals surface area contributed by atoms with Crippen LogP contribution in [0.15, 0.2) is 16.5 Å². The van der Waals surface area contributed by atoms with Crippen molar-refractivity contribution in [3.05, 3.63) is 46.2 Å². The number of rotatable bonds is 10. The first-order valence-corrected chi connectivity index (χ1v) is 11.8. The van der Waals surface area contributed by atoms with Gasteiger partial charge in [0.1, 0.15) is 11.5 Å². The molecule has 0 aliphatic heterocycles. The minimum Gasteiger partial charge on any atom is -0.493 e. The van der Waals surface area contributed by atoms with Crippen LogP contribution in [-0.2, 0) is 22.4 Å². The zero-order valence-electron chi connectivity index (χ0n) is 20.1. The Morgan fingerprint density at radius 3 is 2.41 bits per heavy atom. The molecule has 1 atom stereocenters. The number of carboxylic acids is 1. The molecule has 0 radical (unpaired) electrons. The monoisotopic (exact) mass is 443 g/mol. The summed E-state index contributed by atoms with van der Waals surface area (Å²) in [6.07, 6.45) is 6.22. The van der Waals surface area contributed by atoms with Crippen LogP contribution in [0.2, 0.25) is 0 Å².